The SMILES string of the molecule is Cc1c(CCN2CCN(C(=O)c3ccc(C(F)(F)F)cc3)CC2)ccc(OCCNC2CC2)c1C. The number of amides is 1. The summed E-state index contributed by atoms with van der Waals surface area (Å²) >= 11 is 0. The van der Waals surface area contributed by atoms with E-state index in [9.17, 15) is 18.0 Å². The molecule has 0 unspecified atom stereocenters. The minimum absolute atomic E-state index is 0.215. The summed E-state index contributed by atoms with van der Waals surface area (Å²) < 4.78 is 44.3. The second-order valence-corrected chi connectivity index (χ2v) is 9.51. The standard InChI is InChI=1S/C27H34F3N3O2/c1-19-20(2)25(35-18-12-31-24-8-9-24)10-5-21(19)11-13-32-14-16-33(17-15-32)26(34)22-3-6-23(7-4-22)27(28,29)30/h3-7,10,24,31H,8-9,11-18H2,1-2H3. The number of piperazine rings is 1. The van der Waals surface area contributed by atoms with Gasteiger partial charge in [-0.25, -0.2) is 0 Å². The first-order valence-electron chi connectivity index (χ1n) is 12.4. The Morgan fingerprint density at radius 1 is 1.00 bits per heavy atom. The highest BCUT2D eigenvalue weighted by Gasteiger charge is 2.30. The van der Waals surface area contributed by atoms with E-state index in [2.05, 4.69) is 36.2 Å². The number of nitrogens with zero attached hydrogens (tertiary/aromatic N) is 2. The van der Waals surface area contributed by atoms with Crippen LogP contribution < -0.4 is 10.1 Å². The largest absolute Gasteiger partial charge is 0.492 e. The zero-order chi connectivity index (χ0) is 25.0. The monoisotopic (exact) mass is 489 g/mol. The number of hydrogen-bond donors (Lipinski definition) is 1. The lowest BCUT2D eigenvalue weighted by Crippen LogP contribution is -2.49. The Balaban J connectivity index is 1.23. The van der Waals surface area contributed by atoms with E-state index in [1.165, 1.54) is 41.7 Å². The maximum absolute atomic E-state index is 12.8. The fraction of sp³-hybridized carbons (Fsp3) is 0.519. The molecule has 4 rings (SSSR count). The molecule has 1 amide bonds. The van der Waals surface area contributed by atoms with Gasteiger partial charge in [0.15, 0.2) is 0 Å². The number of carbonyl (C=O) groups is 1. The molecule has 1 aliphatic carbocycles. The van der Waals surface area contributed by atoms with Crippen LogP contribution in [0, 0.1) is 13.8 Å². The van der Waals surface area contributed by atoms with Crippen LogP contribution in [0.3, 0.4) is 0 Å². The predicted molar refractivity (Wildman–Crippen MR) is 130 cm³/mol. The van der Waals surface area contributed by atoms with Crippen molar-refractivity contribution in [3.63, 3.8) is 0 Å². The van der Waals surface area contributed by atoms with Gasteiger partial charge in [-0.15, -0.1) is 0 Å². The quantitative estimate of drug-likeness (QED) is 0.529. The average Bonchev–Trinajstić information content (AvgIpc) is 3.68. The number of halogens is 3. The molecule has 1 aliphatic heterocycles. The second kappa shape index (κ2) is 11.0. The first kappa shape index (κ1) is 25.5. The number of benzene rings is 2. The summed E-state index contributed by atoms with van der Waals surface area (Å²) in [6.07, 6.45) is -0.928. The molecule has 0 aromatic heterocycles. The number of nitrogens with one attached hydrogen (secondary N) is 1. The lowest BCUT2D eigenvalue weighted by Gasteiger charge is -2.35. The Labute approximate surface area is 205 Å². The summed E-state index contributed by atoms with van der Waals surface area (Å²) in [5.74, 6) is 0.729. The van der Waals surface area contributed by atoms with E-state index in [1.54, 1.807) is 4.90 Å². The number of carbonyl (C=O) groups excluding carboxylic acids is 1. The van der Waals surface area contributed by atoms with E-state index < -0.39 is 11.7 Å². The molecule has 35 heavy (non-hydrogen) atoms. The predicted octanol–water partition coefficient (Wildman–Crippen LogP) is 4.45. The maximum Gasteiger partial charge on any atom is 0.416 e. The smallest absolute Gasteiger partial charge is 0.416 e. The van der Waals surface area contributed by atoms with Crippen molar-refractivity contribution in [3.8, 4) is 5.75 Å². The molecular weight excluding hydrogens is 455 g/mol. The van der Waals surface area contributed by atoms with Crippen LogP contribution in [0.2, 0.25) is 0 Å². The van der Waals surface area contributed by atoms with Crippen LogP contribution in [0.1, 0.15) is 45.5 Å². The molecule has 1 heterocycles. The van der Waals surface area contributed by atoms with Gasteiger partial charge in [0.1, 0.15) is 12.4 Å². The number of ether oxygens (including phenoxy) is 1. The maximum atomic E-state index is 12.8. The molecule has 5 nitrogen and oxygen atoms in total. The molecule has 2 fully saturated rings. The third-order valence-corrected chi connectivity index (χ3v) is 7.04. The van der Waals surface area contributed by atoms with Crippen LogP contribution in [0.5, 0.6) is 5.75 Å². The molecule has 2 aromatic carbocycles. The zero-order valence-electron chi connectivity index (χ0n) is 20.5. The fourth-order valence-corrected chi connectivity index (χ4v) is 4.43. The highest BCUT2D eigenvalue weighted by molar-refractivity contribution is 5.94. The Morgan fingerprint density at radius 3 is 2.31 bits per heavy atom. The van der Waals surface area contributed by atoms with E-state index in [0.29, 0.717) is 31.3 Å². The third kappa shape index (κ3) is 6.76. The highest BCUT2D eigenvalue weighted by Crippen LogP contribution is 2.29. The van der Waals surface area contributed by atoms with Crippen LogP contribution in [0.4, 0.5) is 13.2 Å². The molecule has 1 saturated heterocycles. The average molecular weight is 490 g/mol. The minimum atomic E-state index is -4.40. The van der Waals surface area contributed by atoms with E-state index in [-0.39, 0.29) is 5.91 Å². The topological polar surface area (TPSA) is 44.8 Å². The molecule has 0 radical (unpaired) electrons. The third-order valence-electron chi connectivity index (χ3n) is 7.04. The van der Waals surface area contributed by atoms with Gasteiger partial charge in [0.2, 0.25) is 0 Å². The van der Waals surface area contributed by atoms with Gasteiger partial charge < -0.3 is 15.0 Å². The lowest BCUT2D eigenvalue weighted by molar-refractivity contribution is -0.137. The van der Waals surface area contributed by atoms with Crippen molar-refractivity contribution in [3.05, 3.63) is 64.2 Å². The van der Waals surface area contributed by atoms with Crippen LogP contribution in [0.15, 0.2) is 36.4 Å². The lowest BCUT2D eigenvalue weighted by atomic mass is 9.99. The van der Waals surface area contributed by atoms with Crippen molar-refractivity contribution in [2.24, 2.45) is 0 Å². The highest BCUT2D eigenvalue weighted by atomic mass is 19.4. The summed E-state index contributed by atoms with van der Waals surface area (Å²) in [6.45, 7) is 9.32. The number of rotatable bonds is 9. The first-order valence-corrected chi connectivity index (χ1v) is 12.4. The first-order chi connectivity index (χ1) is 16.7. The molecule has 0 spiro atoms. The summed E-state index contributed by atoms with van der Waals surface area (Å²) in [5.41, 5.74) is 3.29. The van der Waals surface area contributed by atoms with Crippen LogP contribution in [-0.2, 0) is 12.6 Å². The Hall–Kier alpha value is -2.58. The van der Waals surface area contributed by atoms with Gasteiger partial charge in [-0.3, -0.25) is 9.69 Å². The zero-order valence-corrected chi connectivity index (χ0v) is 20.5. The van der Waals surface area contributed by atoms with E-state index >= 15 is 0 Å². The van der Waals surface area contributed by atoms with Gasteiger partial charge >= 0.3 is 6.18 Å². The molecule has 1 N–H and O–H groups in total. The molecule has 2 aromatic rings. The van der Waals surface area contributed by atoms with Gasteiger partial charge in [-0.05, 0) is 80.1 Å². The van der Waals surface area contributed by atoms with Gasteiger partial charge in [-0.2, -0.15) is 13.2 Å². The number of alkyl halides is 3. The van der Waals surface area contributed by atoms with Crippen LogP contribution in [0.25, 0.3) is 0 Å². The molecular formula is C27H34F3N3O2. The molecule has 2 aliphatic rings. The fourth-order valence-electron chi connectivity index (χ4n) is 4.43. The summed E-state index contributed by atoms with van der Waals surface area (Å²) in [6, 6.07) is 9.36. The van der Waals surface area contributed by atoms with E-state index in [1.807, 2.05) is 0 Å². The van der Waals surface area contributed by atoms with Crippen molar-refractivity contribution < 1.29 is 22.7 Å². The van der Waals surface area contributed by atoms with Crippen LogP contribution >= 0.6 is 0 Å². The van der Waals surface area contributed by atoms with Crippen molar-refractivity contribution in [1.29, 1.82) is 0 Å². The summed E-state index contributed by atoms with van der Waals surface area (Å²) in [4.78, 5) is 16.8. The second-order valence-electron chi connectivity index (χ2n) is 9.51. The molecule has 190 valence electrons. The Bertz CT molecular complexity index is 1010. The summed E-state index contributed by atoms with van der Waals surface area (Å²) in [5, 5.41) is 3.46. The van der Waals surface area contributed by atoms with Crippen LogP contribution in [-0.4, -0.2) is 67.6 Å². The van der Waals surface area contributed by atoms with Gasteiger partial charge in [0.05, 0.1) is 5.56 Å². The summed E-state index contributed by atoms with van der Waals surface area (Å²) in [7, 11) is 0. The van der Waals surface area contributed by atoms with Crippen molar-refractivity contribution in [2.75, 3.05) is 45.9 Å². The Kier molecular flexibility index (Phi) is 8.02. The minimum Gasteiger partial charge on any atom is -0.492 e. The van der Waals surface area contributed by atoms with Crippen molar-refractivity contribution in [2.45, 2.75) is 45.3 Å². The van der Waals surface area contributed by atoms with Gasteiger partial charge in [0.25, 0.3) is 5.91 Å². The number of hydrogen-bond acceptors (Lipinski definition) is 4. The van der Waals surface area contributed by atoms with Crippen molar-refractivity contribution in [1.82, 2.24) is 15.1 Å². The van der Waals surface area contributed by atoms with Gasteiger partial charge in [0, 0.05) is 50.9 Å². The Morgan fingerprint density at radius 2 is 1.69 bits per heavy atom. The van der Waals surface area contributed by atoms with Crippen molar-refractivity contribution >= 4 is 5.91 Å². The van der Waals surface area contributed by atoms with E-state index in [4.69, 9.17) is 4.74 Å². The normalized spacial score (nSPS) is 17.0. The molecule has 1 saturated carbocycles. The molecule has 8 heteroatoms. The molecule has 0 bridgehead atoms. The van der Waals surface area contributed by atoms with E-state index in [0.717, 1.165) is 50.5 Å². The van der Waals surface area contributed by atoms with Gasteiger partial charge in [-0.1, -0.05) is 6.07 Å². The molecule has 0 atom stereocenters.